The molecule has 0 unspecified atom stereocenters. The predicted octanol–water partition coefficient (Wildman–Crippen LogP) is 3.63. The van der Waals surface area contributed by atoms with E-state index in [9.17, 15) is 9.18 Å². The summed E-state index contributed by atoms with van der Waals surface area (Å²) < 4.78 is 19.4. The van der Waals surface area contributed by atoms with Crippen LogP contribution in [0.5, 0.6) is 5.88 Å². The van der Waals surface area contributed by atoms with E-state index in [0.29, 0.717) is 22.6 Å². The minimum absolute atomic E-state index is 0.0258. The van der Waals surface area contributed by atoms with Crippen LogP contribution in [0.2, 0.25) is 0 Å². The summed E-state index contributed by atoms with van der Waals surface area (Å²) in [5.74, 6) is -0.642. The summed E-state index contributed by atoms with van der Waals surface area (Å²) in [5.41, 5.74) is 0.447. The minimum Gasteiger partial charge on any atom is -0.478 e. The lowest BCUT2D eigenvalue weighted by Crippen LogP contribution is -2.13. The van der Waals surface area contributed by atoms with Crippen molar-refractivity contribution in [2.24, 2.45) is 0 Å². The molecule has 1 heterocycles. The van der Waals surface area contributed by atoms with Crippen LogP contribution >= 0.6 is 15.9 Å². The molecule has 2 aromatic rings. The Labute approximate surface area is 124 Å². The Kier molecular flexibility index (Phi) is 4.68. The molecule has 0 saturated heterocycles. The summed E-state index contributed by atoms with van der Waals surface area (Å²) in [4.78, 5) is 15.9. The molecule has 104 valence electrons. The van der Waals surface area contributed by atoms with Crippen molar-refractivity contribution in [3.63, 3.8) is 0 Å². The standard InChI is InChI=1S/C14H12BrFN2O2/c1-2-20-13-6-4-10(8-17-13)18-14(19)11-5-3-9(15)7-12(11)16/h3-8H,2H2,1H3,(H,18,19). The SMILES string of the molecule is CCOc1ccc(NC(=O)c2ccc(Br)cc2F)cn1. The van der Waals surface area contributed by atoms with Gasteiger partial charge < -0.3 is 10.1 Å². The number of ether oxygens (including phenoxy) is 1. The van der Waals surface area contributed by atoms with Crippen molar-refractivity contribution in [3.8, 4) is 5.88 Å². The van der Waals surface area contributed by atoms with E-state index in [1.807, 2.05) is 6.92 Å². The molecule has 1 amide bonds. The number of hydrogen-bond acceptors (Lipinski definition) is 3. The molecule has 0 aliphatic carbocycles. The average Bonchev–Trinajstić information content (AvgIpc) is 2.41. The monoisotopic (exact) mass is 338 g/mol. The number of amides is 1. The Morgan fingerprint density at radius 1 is 1.40 bits per heavy atom. The Morgan fingerprint density at radius 3 is 2.80 bits per heavy atom. The third-order valence-corrected chi connectivity index (χ3v) is 2.96. The van der Waals surface area contributed by atoms with Crippen LogP contribution in [0.25, 0.3) is 0 Å². The molecule has 0 atom stereocenters. The lowest BCUT2D eigenvalue weighted by Gasteiger charge is -2.07. The number of benzene rings is 1. The highest BCUT2D eigenvalue weighted by atomic mass is 79.9. The zero-order valence-electron chi connectivity index (χ0n) is 10.7. The van der Waals surface area contributed by atoms with Gasteiger partial charge in [0.25, 0.3) is 5.91 Å². The number of rotatable bonds is 4. The number of anilines is 1. The molecule has 0 saturated carbocycles. The van der Waals surface area contributed by atoms with Crippen molar-refractivity contribution in [2.75, 3.05) is 11.9 Å². The number of aromatic nitrogens is 1. The fourth-order valence-corrected chi connectivity index (χ4v) is 1.89. The van der Waals surface area contributed by atoms with Gasteiger partial charge in [0.05, 0.1) is 24.1 Å². The van der Waals surface area contributed by atoms with Gasteiger partial charge in [-0.1, -0.05) is 15.9 Å². The molecule has 0 aliphatic rings. The first kappa shape index (κ1) is 14.5. The summed E-state index contributed by atoms with van der Waals surface area (Å²) in [7, 11) is 0. The Morgan fingerprint density at radius 2 is 2.20 bits per heavy atom. The first-order valence-electron chi connectivity index (χ1n) is 5.95. The first-order chi connectivity index (χ1) is 9.60. The Bertz CT molecular complexity index is 617. The summed E-state index contributed by atoms with van der Waals surface area (Å²) >= 11 is 3.14. The van der Waals surface area contributed by atoms with Crippen molar-refractivity contribution in [2.45, 2.75) is 6.92 Å². The highest BCUT2D eigenvalue weighted by Crippen LogP contribution is 2.17. The number of pyridine rings is 1. The molecule has 0 fully saturated rings. The fraction of sp³-hybridized carbons (Fsp3) is 0.143. The van der Waals surface area contributed by atoms with E-state index in [1.165, 1.54) is 18.3 Å². The van der Waals surface area contributed by atoms with Crippen LogP contribution in [0.4, 0.5) is 10.1 Å². The van der Waals surface area contributed by atoms with Crippen molar-refractivity contribution >= 4 is 27.5 Å². The van der Waals surface area contributed by atoms with E-state index in [1.54, 1.807) is 18.2 Å². The largest absolute Gasteiger partial charge is 0.478 e. The van der Waals surface area contributed by atoms with Crippen molar-refractivity contribution < 1.29 is 13.9 Å². The highest BCUT2D eigenvalue weighted by molar-refractivity contribution is 9.10. The maximum atomic E-state index is 13.6. The van der Waals surface area contributed by atoms with Crippen LogP contribution in [0.3, 0.4) is 0 Å². The second-order valence-electron chi connectivity index (χ2n) is 3.90. The first-order valence-corrected chi connectivity index (χ1v) is 6.74. The van der Waals surface area contributed by atoms with E-state index in [-0.39, 0.29) is 5.56 Å². The molecule has 4 nitrogen and oxygen atoms in total. The van der Waals surface area contributed by atoms with Gasteiger partial charge in [-0.05, 0) is 31.2 Å². The number of carbonyl (C=O) groups excluding carboxylic acids is 1. The average molecular weight is 339 g/mol. The number of carbonyl (C=O) groups is 1. The van der Waals surface area contributed by atoms with Crippen LogP contribution in [0.15, 0.2) is 41.0 Å². The molecule has 1 aromatic heterocycles. The molecular weight excluding hydrogens is 327 g/mol. The highest BCUT2D eigenvalue weighted by Gasteiger charge is 2.12. The van der Waals surface area contributed by atoms with E-state index in [4.69, 9.17) is 4.74 Å². The second-order valence-corrected chi connectivity index (χ2v) is 4.81. The Balaban J connectivity index is 2.11. The third-order valence-electron chi connectivity index (χ3n) is 2.46. The predicted molar refractivity (Wildman–Crippen MR) is 77.5 cm³/mol. The van der Waals surface area contributed by atoms with E-state index < -0.39 is 11.7 Å². The van der Waals surface area contributed by atoms with Crippen LogP contribution in [-0.4, -0.2) is 17.5 Å². The van der Waals surface area contributed by atoms with E-state index >= 15 is 0 Å². The van der Waals surface area contributed by atoms with E-state index in [2.05, 4.69) is 26.2 Å². The van der Waals surface area contributed by atoms with Gasteiger partial charge in [-0.3, -0.25) is 4.79 Å². The van der Waals surface area contributed by atoms with Crippen LogP contribution in [0.1, 0.15) is 17.3 Å². The van der Waals surface area contributed by atoms with Gasteiger partial charge in [0.1, 0.15) is 5.82 Å². The molecule has 1 aromatic carbocycles. The summed E-state index contributed by atoms with van der Waals surface area (Å²) in [6.45, 7) is 2.37. The van der Waals surface area contributed by atoms with Gasteiger partial charge in [0, 0.05) is 10.5 Å². The lowest BCUT2D eigenvalue weighted by atomic mass is 10.2. The Hall–Kier alpha value is -1.95. The van der Waals surface area contributed by atoms with Crippen LogP contribution < -0.4 is 10.1 Å². The zero-order valence-corrected chi connectivity index (χ0v) is 12.3. The second kappa shape index (κ2) is 6.47. The molecule has 6 heteroatoms. The minimum atomic E-state index is -0.587. The van der Waals surface area contributed by atoms with Gasteiger partial charge in [0.2, 0.25) is 5.88 Å². The maximum Gasteiger partial charge on any atom is 0.258 e. The van der Waals surface area contributed by atoms with Crippen molar-refractivity contribution in [1.29, 1.82) is 0 Å². The quantitative estimate of drug-likeness (QED) is 0.925. The molecule has 20 heavy (non-hydrogen) atoms. The third kappa shape index (κ3) is 3.54. The smallest absolute Gasteiger partial charge is 0.258 e. The normalized spacial score (nSPS) is 10.2. The molecule has 0 radical (unpaired) electrons. The van der Waals surface area contributed by atoms with Crippen molar-refractivity contribution in [1.82, 2.24) is 4.98 Å². The zero-order chi connectivity index (χ0) is 14.5. The van der Waals surface area contributed by atoms with Crippen molar-refractivity contribution in [3.05, 3.63) is 52.4 Å². The number of halogens is 2. The molecule has 1 N–H and O–H groups in total. The molecule has 2 rings (SSSR count). The maximum absolute atomic E-state index is 13.6. The summed E-state index contributed by atoms with van der Waals surface area (Å²) in [5, 5.41) is 2.58. The summed E-state index contributed by atoms with van der Waals surface area (Å²) in [6.07, 6.45) is 1.46. The van der Waals surface area contributed by atoms with Gasteiger partial charge in [0.15, 0.2) is 0 Å². The van der Waals surface area contributed by atoms with E-state index in [0.717, 1.165) is 0 Å². The van der Waals surface area contributed by atoms with Gasteiger partial charge in [-0.15, -0.1) is 0 Å². The molecular formula is C14H12BrFN2O2. The fourth-order valence-electron chi connectivity index (χ4n) is 1.56. The van der Waals surface area contributed by atoms with Gasteiger partial charge in [-0.25, -0.2) is 9.37 Å². The topological polar surface area (TPSA) is 51.2 Å². The van der Waals surface area contributed by atoms with Gasteiger partial charge in [-0.2, -0.15) is 0 Å². The van der Waals surface area contributed by atoms with Crippen LogP contribution in [-0.2, 0) is 0 Å². The molecule has 0 spiro atoms. The number of hydrogen-bond donors (Lipinski definition) is 1. The number of nitrogens with zero attached hydrogens (tertiary/aromatic N) is 1. The molecule has 0 bridgehead atoms. The molecule has 0 aliphatic heterocycles. The number of nitrogens with one attached hydrogen (secondary N) is 1. The van der Waals surface area contributed by atoms with Crippen LogP contribution in [0, 0.1) is 5.82 Å². The van der Waals surface area contributed by atoms with Gasteiger partial charge >= 0.3 is 0 Å². The lowest BCUT2D eigenvalue weighted by molar-refractivity contribution is 0.102. The summed E-state index contributed by atoms with van der Waals surface area (Å²) in [6, 6.07) is 7.54.